The second-order valence-corrected chi connectivity index (χ2v) is 11.0. The molecule has 7 rings (SSSR count). The van der Waals surface area contributed by atoms with E-state index >= 15 is 0 Å². The van der Waals surface area contributed by atoms with Crippen LogP contribution in [0, 0.1) is 48.1 Å². The Balaban J connectivity index is 0.00000401. The van der Waals surface area contributed by atoms with Crippen molar-refractivity contribution < 1.29 is 47.1 Å². The van der Waals surface area contributed by atoms with Crippen molar-refractivity contribution in [3.05, 3.63) is 131 Å². The number of fused-ring (bicyclic) bond motifs is 3. The van der Waals surface area contributed by atoms with E-state index in [0.717, 1.165) is 33.2 Å². The summed E-state index contributed by atoms with van der Waals surface area (Å²) in [7, 11) is 0. The third-order valence-electron chi connectivity index (χ3n) is 8.07. The Labute approximate surface area is 286 Å². The van der Waals surface area contributed by atoms with Crippen molar-refractivity contribution >= 4 is 21.8 Å². The first-order valence-corrected chi connectivity index (χ1v) is 14.9. The molecule has 0 saturated carbocycles. The molecule has 0 bridgehead atoms. The maximum atomic E-state index is 15.0. The Bertz CT molecular complexity index is 2320. The van der Waals surface area contributed by atoms with E-state index in [2.05, 4.69) is 22.2 Å². The van der Waals surface area contributed by atoms with Gasteiger partial charge in [-0.1, -0.05) is 37.6 Å². The van der Waals surface area contributed by atoms with Gasteiger partial charge in [0.1, 0.15) is 5.82 Å². The van der Waals surface area contributed by atoms with Gasteiger partial charge in [-0.25, -0.2) is 26.9 Å². The number of ether oxygens (including phenoxy) is 1. The van der Waals surface area contributed by atoms with Crippen LogP contribution >= 0.6 is 0 Å². The number of nitrogens with zero attached hydrogens (tertiary/aromatic N) is 4. The van der Waals surface area contributed by atoms with Gasteiger partial charge in [0.05, 0.1) is 11.3 Å². The Hall–Kier alpha value is -4.85. The monoisotopic (exact) mass is 742 g/mol. The van der Waals surface area contributed by atoms with E-state index in [-0.39, 0.29) is 50.2 Å². The topological polar surface area (TPSA) is 44.9 Å². The van der Waals surface area contributed by atoms with Crippen LogP contribution in [-0.4, -0.2) is 19.3 Å². The first-order chi connectivity index (χ1) is 22.7. The number of rotatable bonds is 7. The van der Waals surface area contributed by atoms with E-state index in [4.69, 9.17) is 4.74 Å². The minimum absolute atomic E-state index is 0. The Morgan fingerprint density at radius 3 is 2.15 bits per heavy atom. The van der Waals surface area contributed by atoms with Crippen LogP contribution in [0.1, 0.15) is 30.8 Å². The summed E-state index contributed by atoms with van der Waals surface area (Å²) in [4.78, 5) is 4.60. The van der Waals surface area contributed by atoms with Crippen LogP contribution in [0.5, 0.6) is 11.5 Å². The van der Waals surface area contributed by atoms with Gasteiger partial charge in [0.2, 0.25) is 5.82 Å². The van der Waals surface area contributed by atoms with E-state index in [1.165, 1.54) is 4.68 Å². The first-order valence-electron chi connectivity index (χ1n) is 14.9. The number of aryl methyl sites for hydroxylation is 2. The second-order valence-electron chi connectivity index (χ2n) is 11.0. The quantitative estimate of drug-likeness (QED) is 0.0538. The molecule has 0 atom stereocenters. The molecule has 244 valence electrons. The smallest absolute Gasteiger partial charge is 0.509 e. The van der Waals surface area contributed by atoms with E-state index in [0.29, 0.717) is 17.2 Å². The SMILES string of the molecule is CCc1nn(-c2[c-]c(Oc3[c-]c4c(cc3)c3ccccc3n4-c3cc(C)ccn3)ccc2)c(CC)c1-c1c(F)c(F)c(F)c(F)c1F.[Pd+2]. The van der Waals surface area contributed by atoms with Gasteiger partial charge in [0.15, 0.2) is 23.3 Å². The van der Waals surface area contributed by atoms with Gasteiger partial charge in [-0.2, -0.15) is 17.2 Å². The zero-order chi connectivity index (χ0) is 33.0. The molecule has 0 aliphatic carbocycles. The fourth-order valence-corrected chi connectivity index (χ4v) is 5.94. The Kier molecular flexibility index (Phi) is 8.94. The molecule has 0 unspecified atom stereocenters. The van der Waals surface area contributed by atoms with Crippen molar-refractivity contribution in [2.24, 2.45) is 0 Å². The molecule has 11 heteroatoms. The molecule has 0 fully saturated rings. The summed E-state index contributed by atoms with van der Waals surface area (Å²) in [6.45, 7) is 5.39. The van der Waals surface area contributed by atoms with Crippen LogP contribution < -0.4 is 4.74 Å². The number of halogens is 5. The van der Waals surface area contributed by atoms with Crippen molar-refractivity contribution in [1.82, 2.24) is 19.3 Å². The first kappa shape index (κ1) is 33.1. The van der Waals surface area contributed by atoms with Crippen LogP contribution in [-0.2, 0) is 33.3 Å². The molecule has 48 heavy (non-hydrogen) atoms. The van der Waals surface area contributed by atoms with Gasteiger partial charge in [0, 0.05) is 34.5 Å². The molecule has 0 saturated heterocycles. The minimum atomic E-state index is -2.21. The van der Waals surface area contributed by atoms with Gasteiger partial charge in [-0.3, -0.25) is 4.68 Å². The molecule has 0 N–H and O–H groups in total. The summed E-state index contributed by atoms with van der Waals surface area (Å²) in [6.07, 6.45) is 2.10. The molecule has 0 radical (unpaired) electrons. The van der Waals surface area contributed by atoms with Crippen LogP contribution in [0.2, 0.25) is 0 Å². The van der Waals surface area contributed by atoms with Crippen molar-refractivity contribution in [2.45, 2.75) is 33.6 Å². The fourth-order valence-electron chi connectivity index (χ4n) is 5.94. The third kappa shape index (κ3) is 5.37. The standard InChI is InChI=1S/C37H25F5N4O.Pd/c1-4-26-31(32-33(38)35(40)37(42)36(41)34(32)39)27(5-2)46(44-26)21-9-8-10-22(18-21)47-23-13-14-25-24-11-6-7-12-28(24)45(29(25)19-23)30-17-20(3)15-16-43-30;/h6-17H,4-5H2,1-3H3;/q-2;+2. The van der Waals surface area contributed by atoms with E-state index in [9.17, 15) is 22.0 Å². The van der Waals surface area contributed by atoms with Crippen LogP contribution in [0.4, 0.5) is 22.0 Å². The molecule has 0 spiro atoms. The molecular formula is C37H25F5N4OPd. The van der Waals surface area contributed by atoms with E-state index < -0.39 is 34.6 Å². The molecule has 0 aliphatic heterocycles. The molecule has 3 heterocycles. The average molecular weight is 743 g/mol. The predicted octanol–water partition coefficient (Wildman–Crippen LogP) is 9.55. The maximum absolute atomic E-state index is 15.0. The summed E-state index contributed by atoms with van der Waals surface area (Å²) < 4.78 is 81.9. The Morgan fingerprint density at radius 2 is 1.44 bits per heavy atom. The molecular weight excluding hydrogens is 718 g/mol. The van der Waals surface area contributed by atoms with Gasteiger partial charge in [-0.05, 0) is 54.6 Å². The van der Waals surface area contributed by atoms with Crippen LogP contribution in [0.25, 0.3) is 44.4 Å². The molecule has 3 aromatic heterocycles. The van der Waals surface area contributed by atoms with Crippen LogP contribution in [0.15, 0.2) is 72.9 Å². The summed E-state index contributed by atoms with van der Waals surface area (Å²) in [5.74, 6) is -8.62. The molecule has 0 aliphatic rings. The van der Waals surface area contributed by atoms with Gasteiger partial charge >= 0.3 is 20.4 Å². The largest absolute Gasteiger partial charge is 2.00 e. The zero-order valence-electron chi connectivity index (χ0n) is 25.7. The van der Waals surface area contributed by atoms with Crippen LogP contribution in [0.3, 0.4) is 0 Å². The van der Waals surface area contributed by atoms with Gasteiger partial charge < -0.3 is 9.30 Å². The molecule has 5 nitrogen and oxygen atoms in total. The minimum Gasteiger partial charge on any atom is -0.509 e. The summed E-state index contributed by atoms with van der Waals surface area (Å²) >= 11 is 0. The summed E-state index contributed by atoms with van der Waals surface area (Å²) in [5.41, 5.74) is 2.41. The number of pyridine rings is 1. The van der Waals surface area contributed by atoms with Crippen molar-refractivity contribution in [3.8, 4) is 34.1 Å². The Morgan fingerprint density at radius 1 is 0.729 bits per heavy atom. The number of aromatic nitrogens is 4. The van der Waals surface area contributed by atoms with Gasteiger partial charge in [0.25, 0.3) is 0 Å². The van der Waals surface area contributed by atoms with Crippen molar-refractivity contribution in [1.29, 1.82) is 0 Å². The van der Waals surface area contributed by atoms with Crippen molar-refractivity contribution in [2.75, 3.05) is 0 Å². The average Bonchev–Trinajstić information content (AvgIpc) is 3.62. The summed E-state index contributed by atoms with van der Waals surface area (Å²) in [5, 5.41) is 6.51. The zero-order valence-corrected chi connectivity index (χ0v) is 27.3. The van der Waals surface area contributed by atoms with E-state index in [1.807, 2.05) is 54.0 Å². The summed E-state index contributed by atoms with van der Waals surface area (Å²) in [6, 6.07) is 27.2. The van der Waals surface area contributed by atoms with E-state index in [1.54, 1.807) is 44.3 Å². The van der Waals surface area contributed by atoms with Crippen molar-refractivity contribution in [3.63, 3.8) is 0 Å². The fraction of sp³-hybridized carbons (Fsp3) is 0.135. The maximum Gasteiger partial charge on any atom is 2.00 e. The number of benzene rings is 4. The third-order valence-corrected chi connectivity index (χ3v) is 8.07. The predicted molar refractivity (Wildman–Crippen MR) is 169 cm³/mol. The number of hydrogen-bond donors (Lipinski definition) is 0. The second kappa shape index (κ2) is 13.0. The van der Waals surface area contributed by atoms with Gasteiger partial charge in [-0.15, -0.1) is 35.7 Å². The molecule has 4 aromatic carbocycles. The number of para-hydroxylation sites is 1. The number of hydrogen-bond acceptors (Lipinski definition) is 3. The normalized spacial score (nSPS) is 11.3. The molecule has 7 aromatic rings. The molecule has 0 amide bonds.